The molecule has 1 aliphatic rings. The van der Waals surface area contributed by atoms with Crippen molar-refractivity contribution < 1.29 is 5.11 Å². The molecule has 2 rings (SSSR count). The second kappa shape index (κ2) is 7.77. The van der Waals surface area contributed by atoms with Crippen LogP contribution in [0.4, 0.5) is 0 Å². The molecular formula is C17H27N3OS. The summed E-state index contributed by atoms with van der Waals surface area (Å²) in [7, 11) is 0. The van der Waals surface area contributed by atoms with Crippen LogP contribution in [-0.2, 0) is 6.42 Å². The van der Waals surface area contributed by atoms with Crippen molar-refractivity contribution in [1.82, 2.24) is 10.2 Å². The molecule has 0 atom stereocenters. The van der Waals surface area contributed by atoms with Crippen LogP contribution in [0, 0.1) is 0 Å². The highest BCUT2D eigenvalue weighted by Gasteiger charge is 2.28. The Morgan fingerprint density at radius 2 is 2.27 bits per heavy atom. The number of nitrogens with zero attached hydrogens (tertiary/aromatic N) is 2. The third-order valence-electron chi connectivity index (χ3n) is 3.63. The van der Waals surface area contributed by atoms with Crippen LogP contribution in [0.25, 0.3) is 0 Å². The molecule has 0 aromatic heterocycles. The van der Waals surface area contributed by atoms with Crippen molar-refractivity contribution >= 4 is 17.7 Å². The van der Waals surface area contributed by atoms with E-state index in [-0.39, 0.29) is 4.75 Å². The van der Waals surface area contributed by atoms with Gasteiger partial charge in [-0.15, -0.1) is 0 Å². The zero-order valence-electron chi connectivity index (χ0n) is 13.8. The zero-order chi connectivity index (χ0) is 16.0. The van der Waals surface area contributed by atoms with E-state index in [9.17, 15) is 5.11 Å². The lowest BCUT2D eigenvalue weighted by Gasteiger charge is -2.39. The molecule has 0 saturated carbocycles. The van der Waals surface area contributed by atoms with Crippen LogP contribution in [0.3, 0.4) is 0 Å². The van der Waals surface area contributed by atoms with Crippen LogP contribution in [0.2, 0.25) is 0 Å². The maximum Gasteiger partial charge on any atom is 0.193 e. The molecule has 1 aromatic rings. The Balaban J connectivity index is 1.97. The van der Waals surface area contributed by atoms with Gasteiger partial charge in [0.05, 0.1) is 0 Å². The quantitative estimate of drug-likeness (QED) is 0.661. The molecule has 22 heavy (non-hydrogen) atoms. The fourth-order valence-corrected chi connectivity index (χ4v) is 3.74. The number of aliphatic imine (C=N–C) groups is 1. The molecule has 4 nitrogen and oxygen atoms in total. The molecule has 0 aliphatic carbocycles. The Morgan fingerprint density at radius 3 is 2.95 bits per heavy atom. The lowest BCUT2D eigenvalue weighted by Crippen LogP contribution is -2.51. The highest BCUT2D eigenvalue weighted by Crippen LogP contribution is 2.29. The monoisotopic (exact) mass is 321 g/mol. The minimum Gasteiger partial charge on any atom is -0.508 e. The molecule has 1 heterocycles. The minimum absolute atomic E-state index is 0.277. The number of guanidine groups is 1. The summed E-state index contributed by atoms with van der Waals surface area (Å²) in [4.78, 5) is 7.13. The van der Waals surface area contributed by atoms with E-state index >= 15 is 0 Å². The number of aromatic hydroxyl groups is 1. The van der Waals surface area contributed by atoms with Gasteiger partial charge in [0.2, 0.25) is 0 Å². The van der Waals surface area contributed by atoms with E-state index < -0.39 is 0 Å². The number of phenolic OH excluding ortho intramolecular Hbond substituents is 1. The second-order valence-electron chi connectivity index (χ2n) is 6.19. The lowest BCUT2D eigenvalue weighted by molar-refractivity contribution is 0.376. The van der Waals surface area contributed by atoms with Gasteiger partial charge in [0.15, 0.2) is 5.96 Å². The topological polar surface area (TPSA) is 47.9 Å². The van der Waals surface area contributed by atoms with E-state index in [1.807, 2.05) is 30.0 Å². The molecule has 0 bridgehead atoms. The van der Waals surface area contributed by atoms with Crippen molar-refractivity contribution in [3.8, 4) is 5.75 Å². The van der Waals surface area contributed by atoms with Crippen molar-refractivity contribution in [3.05, 3.63) is 29.8 Å². The SMILES string of the molecule is CCNC(=NCCc1cccc(O)c1)N1CCSC(C)(C)C1. The first kappa shape index (κ1) is 17.0. The van der Waals surface area contributed by atoms with Gasteiger partial charge in [-0.1, -0.05) is 12.1 Å². The van der Waals surface area contributed by atoms with Gasteiger partial charge in [-0.25, -0.2) is 0 Å². The summed E-state index contributed by atoms with van der Waals surface area (Å²) in [6.07, 6.45) is 0.843. The summed E-state index contributed by atoms with van der Waals surface area (Å²) in [5.74, 6) is 2.48. The zero-order valence-corrected chi connectivity index (χ0v) is 14.6. The molecule has 0 unspecified atom stereocenters. The van der Waals surface area contributed by atoms with Crippen LogP contribution in [0.1, 0.15) is 26.3 Å². The van der Waals surface area contributed by atoms with Crippen LogP contribution in [-0.4, -0.2) is 52.6 Å². The van der Waals surface area contributed by atoms with E-state index in [0.717, 1.165) is 49.9 Å². The van der Waals surface area contributed by atoms with Crippen LogP contribution >= 0.6 is 11.8 Å². The fraction of sp³-hybridized carbons (Fsp3) is 0.588. The van der Waals surface area contributed by atoms with E-state index in [0.29, 0.717) is 5.75 Å². The average molecular weight is 321 g/mol. The maximum absolute atomic E-state index is 9.51. The highest BCUT2D eigenvalue weighted by atomic mass is 32.2. The molecule has 122 valence electrons. The Hall–Kier alpha value is -1.36. The normalized spacial score (nSPS) is 18.3. The summed E-state index contributed by atoms with van der Waals surface area (Å²) >= 11 is 2.03. The lowest BCUT2D eigenvalue weighted by atomic mass is 10.1. The molecule has 1 fully saturated rings. The molecule has 1 saturated heterocycles. The molecule has 2 N–H and O–H groups in total. The van der Waals surface area contributed by atoms with Gasteiger partial charge in [-0.05, 0) is 44.9 Å². The van der Waals surface area contributed by atoms with Gasteiger partial charge in [-0.3, -0.25) is 4.99 Å². The Morgan fingerprint density at radius 1 is 1.45 bits per heavy atom. The first-order valence-corrected chi connectivity index (χ1v) is 8.94. The number of rotatable bonds is 4. The largest absolute Gasteiger partial charge is 0.508 e. The Bertz CT molecular complexity index is 516. The van der Waals surface area contributed by atoms with Gasteiger partial charge in [0, 0.05) is 36.7 Å². The van der Waals surface area contributed by atoms with Crippen LogP contribution < -0.4 is 5.32 Å². The van der Waals surface area contributed by atoms with Crippen molar-refractivity contribution in [3.63, 3.8) is 0 Å². The standard InChI is InChI=1S/C17H27N3OS/c1-4-18-16(20-10-11-22-17(2,3)13-20)19-9-8-14-6-5-7-15(21)12-14/h5-7,12,21H,4,8-11,13H2,1-3H3,(H,18,19). The number of hydrogen-bond donors (Lipinski definition) is 2. The predicted molar refractivity (Wildman–Crippen MR) is 95.9 cm³/mol. The van der Waals surface area contributed by atoms with Crippen molar-refractivity contribution in [2.45, 2.75) is 31.9 Å². The molecular weight excluding hydrogens is 294 g/mol. The number of phenols is 1. The number of hydrogen-bond acceptors (Lipinski definition) is 3. The predicted octanol–water partition coefficient (Wildman–Crippen LogP) is 2.73. The van der Waals surface area contributed by atoms with Gasteiger partial charge in [-0.2, -0.15) is 11.8 Å². The maximum atomic E-state index is 9.51. The summed E-state index contributed by atoms with van der Waals surface area (Å²) in [6.45, 7) is 10.4. The second-order valence-corrected chi connectivity index (χ2v) is 7.99. The van der Waals surface area contributed by atoms with E-state index in [1.54, 1.807) is 6.07 Å². The molecule has 0 radical (unpaired) electrons. The highest BCUT2D eigenvalue weighted by molar-refractivity contribution is 8.00. The van der Waals surface area contributed by atoms with Gasteiger partial charge in [0.1, 0.15) is 5.75 Å². The van der Waals surface area contributed by atoms with Crippen LogP contribution in [0.5, 0.6) is 5.75 Å². The molecule has 5 heteroatoms. The van der Waals surface area contributed by atoms with Gasteiger partial charge in [0.25, 0.3) is 0 Å². The van der Waals surface area contributed by atoms with E-state index in [1.165, 1.54) is 0 Å². The van der Waals surface area contributed by atoms with Crippen molar-refractivity contribution in [1.29, 1.82) is 0 Å². The van der Waals surface area contributed by atoms with Gasteiger partial charge < -0.3 is 15.3 Å². The summed E-state index contributed by atoms with van der Waals surface area (Å²) in [5.41, 5.74) is 1.12. The third kappa shape index (κ3) is 5.13. The van der Waals surface area contributed by atoms with Crippen molar-refractivity contribution in [2.24, 2.45) is 4.99 Å². The number of benzene rings is 1. The Labute approximate surface area is 138 Å². The third-order valence-corrected chi connectivity index (χ3v) is 4.93. The average Bonchev–Trinajstić information content (AvgIpc) is 2.45. The van der Waals surface area contributed by atoms with Gasteiger partial charge >= 0.3 is 0 Å². The number of nitrogens with one attached hydrogen (secondary N) is 1. The molecule has 0 amide bonds. The van der Waals surface area contributed by atoms with Crippen molar-refractivity contribution in [2.75, 3.05) is 31.9 Å². The first-order chi connectivity index (χ1) is 10.5. The summed E-state index contributed by atoms with van der Waals surface area (Å²) in [5, 5.41) is 12.9. The molecule has 1 aromatic carbocycles. The van der Waals surface area contributed by atoms with E-state index in [4.69, 9.17) is 4.99 Å². The van der Waals surface area contributed by atoms with E-state index in [2.05, 4.69) is 31.0 Å². The number of thioether (sulfide) groups is 1. The molecule has 1 aliphatic heterocycles. The van der Waals surface area contributed by atoms with Crippen LogP contribution in [0.15, 0.2) is 29.3 Å². The Kier molecular flexibility index (Phi) is 6.00. The first-order valence-electron chi connectivity index (χ1n) is 7.95. The minimum atomic E-state index is 0.277. The smallest absolute Gasteiger partial charge is 0.193 e. The fourth-order valence-electron chi connectivity index (χ4n) is 2.63. The summed E-state index contributed by atoms with van der Waals surface area (Å²) < 4.78 is 0.277. The molecule has 0 spiro atoms. The summed E-state index contributed by atoms with van der Waals surface area (Å²) in [6, 6.07) is 7.42.